The predicted octanol–water partition coefficient (Wildman–Crippen LogP) is 4.48. The molecule has 3 heteroatoms. The molecule has 2 aromatic rings. The normalized spacial score (nSPS) is 13.4. The van der Waals surface area contributed by atoms with Gasteiger partial charge in [0.2, 0.25) is 0 Å². The van der Waals surface area contributed by atoms with E-state index >= 15 is 0 Å². The zero-order valence-electron chi connectivity index (χ0n) is 13.0. The van der Waals surface area contributed by atoms with Crippen LogP contribution >= 0.6 is 0 Å². The second-order valence-electron chi connectivity index (χ2n) is 5.55. The summed E-state index contributed by atoms with van der Waals surface area (Å²) in [5, 5.41) is 9.49. The fraction of sp³-hybridized carbons (Fsp3) is 0.316. The Kier molecular flexibility index (Phi) is 5.59. The van der Waals surface area contributed by atoms with Crippen LogP contribution in [0.3, 0.4) is 0 Å². The van der Waals surface area contributed by atoms with Gasteiger partial charge in [0.15, 0.2) is 0 Å². The summed E-state index contributed by atoms with van der Waals surface area (Å²) >= 11 is 0. The van der Waals surface area contributed by atoms with Crippen molar-refractivity contribution < 1.29 is 14.6 Å². The Morgan fingerprint density at radius 2 is 1.86 bits per heavy atom. The minimum absolute atomic E-state index is 0.0851. The zero-order valence-corrected chi connectivity index (χ0v) is 13.0. The van der Waals surface area contributed by atoms with Crippen molar-refractivity contribution in [1.29, 1.82) is 0 Å². The van der Waals surface area contributed by atoms with Crippen molar-refractivity contribution in [2.24, 2.45) is 5.92 Å². The van der Waals surface area contributed by atoms with Crippen molar-refractivity contribution in [1.82, 2.24) is 0 Å². The Labute approximate surface area is 131 Å². The van der Waals surface area contributed by atoms with Crippen molar-refractivity contribution in [3.05, 3.63) is 65.7 Å². The van der Waals surface area contributed by atoms with Gasteiger partial charge in [-0.05, 0) is 29.2 Å². The van der Waals surface area contributed by atoms with Gasteiger partial charge in [0.1, 0.15) is 12.4 Å². The first-order chi connectivity index (χ1) is 10.6. The van der Waals surface area contributed by atoms with E-state index in [9.17, 15) is 9.90 Å². The summed E-state index contributed by atoms with van der Waals surface area (Å²) in [6.45, 7) is 4.46. The molecule has 22 heavy (non-hydrogen) atoms. The average Bonchev–Trinajstić information content (AvgIpc) is 2.54. The number of carbonyl (C=O) groups is 1. The number of carboxylic acid groups (broad SMARTS) is 1. The number of carboxylic acids is 1. The number of hydrogen-bond acceptors (Lipinski definition) is 2. The molecule has 0 amide bonds. The smallest absolute Gasteiger partial charge is 0.311 e. The second kappa shape index (κ2) is 7.64. The summed E-state index contributed by atoms with van der Waals surface area (Å²) in [5.41, 5.74) is 1.89. The number of hydrogen-bond donors (Lipinski definition) is 1. The molecular weight excluding hydrogens is 276 g/mol. The molecular formula is C19H22O3. The molecule has 0 fully saturated rings. The van der Waals surface area contributed by atoms with Crippen LogP contribution in [0.2, 0.25) is 0 Å². The minimum atomic E-state index is -0.783. The molecule has 0 saturated carbocycles. The standard InChI is InChI=1S/C19H22O3/c1-3-14(2)18(19(20)21)16-10-7-11-17(12-16)22-13-15-8-5-4-6-9-15/h4-12,14,18H,3,13H2,1-2H3,(H,20,21). The topological polar surface area (TPSA) is 46.5 Å². The monoisotopic (exact) mass is 298 g/mol. The van der Waals surface area contributed by atoms with E-state index in [4.69, 9.17) is 4.74 Å². The summed E-state index contributed by atoms with van der Waals surface area (Å²) in [6, 6.07) is 17.3. The van der Waals surface area contributed by atoms with Crippen LogP contribution in [-0.2, 0) is 11.4 Å². The summed E-state index contributed by atoms with van der Waals surface area (Å²) in [5.74, 6) is -0.488. The van der Waals surface area contributed by atoms with Gasteiger partial charge in [-0.15, -0.1) is 0 Å². The van der Waals surface area contributed by atoms with Crippen LogP contribution in [-0.4, -0.2) is 11.1 Å². The first kappa shape index (κ1) is 16.1. The Morgan fingerprint density at radius 3 is 2.50 bits per heavy atom. The fourth-order valence-electron chi connectivity index (χ4n) is 2.49. The molecule has 0 aliphatic carbocycles. The first-order valence-corrected chi connectivity index (χ1v) is 7.61. The van der Waals surface area contributed by atoms with Gasteiger partial charge in [0.25, 0.3) is 0 Å². The van der Waals surface area contributed by atoms with E-state index in [1.54, 1.807) is 0 Å². The van der Waals surface area contributed by atoms with Crippen LogP contribution < -0.4 is 4.74 Å². The molecule has 1 N–H and O–H groups in total. The molecule has 0 saturated heterocycles. The third-order valence-electron chi connectivity index (χ3n) is 3.94. The highest BCUT2D eigenvalue weighted by molar-refractivity contribution is 5.76. The summed E-state index contributed by atoms with van der Waals surface area (Å²) < 4.78 is 5.78. The van der Waals surface area contributed by atoms with E-state index in [0.29, 0.717) is 12.4 Å². The van der Waals surface area contributed by atoms with E-state index < -0.39 is 11.9 Å². The fourth-order valence-corrected chi connectivity index (χ4v) is 2.49. The van der Waals surface area contributed by atoms with Gasteiger partial charge < -0.3 is 9.84 Å². The molecule has 0 spiro atoms. The predicted molar refractivity (Wildman–Crippen MR) is 87.0 cm³/mol. The molecule has 116 valence electrons. The largest absolute Gasteiger partial charge is 0.489 e. The zero-order chi connectivity index (χ0) is 15.9. The quantitative estimate of drug-likeness (QED) is 0.819. The third-order valence-corrected chi connectivity index (χ3v) is 3.94. The summed E-state index contributed by atoms with van der Waals surface area (Å²) in [6.07, 6.45) is 0.825. The van der Waals surface area contributed by atoms with E-state index in [-0.39, 0.29) is 5.92 Å². The maximum atomic E-state index is 11.6. The number of rotatable bonds is 7. The summed E-state index contributed by atoms with van der Waals surface area (Å²) in [4.78, 5) is 11.6. The molecule has 0 aromatic heterocycles. The molecule has 3 nitrogen and oxygen atoms in total. The minimum Gasteiger partial charge on any atom is -0.489 e. The average molecular weight is 298 g/mol. The Bertz CT molecular complexity index is 607. The molecule has 0 aliphatic rings. The summed E-state index contributed by atoms with van der Waals surface area (Å²) in [7, 11) is 0. The highest BCUT2D eigenvalue weighted by Crippen LogP contribution is 2.29. The first-order valence-electron chi connectivity index (χ1n) is 7.61. The highest BCUT2D eigenvalue weighted by atomic mass is 16.5. The Hall–Kier alpha value is -2.29. The maximum Gasteiger partial charge on any atom is 0.311 e. The lowest BCUT2D eigenvalue weighted by Gasteiger charge is -2.19. The van der Waals surface area contributed by atoms with Crippen molar-refractivity contribution in [3.63, 3.8) is 0 Å². The SMILES string of the molecule is CCC(C)C(C(=O)O)c1cccc(OCc2ccccc2)c1. The lowest BCUT2D eigenvalue weighted by Crippen LogP contribution is -2.19. The molecule has 0 aliphatic heterocycles. The number of ether oxygens (including phenoxy) is 1. The molecule has 0 radical (unpaired) electrons. The van der Waals surface area contributed by atoms with Crippen LogP contribution in [0, 0.1) is 5.92 Å². The van der Waals surface area contributed by atoms with Crippen molar-refractivity contribution in [2.75, 3.05) is 0 Å². The number of benzene rings is 2. The van der Waals surface area contributed by atoms with Crippen LogP contribution in [0.5, 0.6) is 5.75 Å². The second-order valence-corrected chi connectivity index (χ2v) is 5.55. The lowest BCUT2D eigenvalue weighted by atomic mass is 9.85. The van der Waals surface area contributed by atoms with Crippen LogP contribution in [0.25, 0.3) is 0 Å². The highest BCUT2D eigenvalue weighted by Gasteiger charge is 2.25. The van der Waals surface area contributed by atoms with E-state index in [1.807, 2.05) is 68.4 Å². The molecule has 0 heterocycles. The molecule has 2 rings (SSSR count). The van der Waals surface area contributed by atoms with Crippen LogP contribution in [0.4, 0.5) is 0 Å². The molecule has 2 unspecified atom stereocenters. The lowest BCUT2D eigenvalue weighted by molar-refractivity contribution is -0.140. The van der Waals surface area contributed by atoms with Gasteiger partial charge in [0.05, 0.1) is 5.92 Å². The van der Waals surface area contributed by atoms with Crippen molar-refractivity contribution >= 4 is 5.97 Å². The van der Waals surface area contributed by atoms with Crippen LogP contribution in [0.15, 0.2) is 54.6 Å². The van der Waals surface area contributed by atoms with Gasteiger partial charge >= 0.3 is 5.97 Å². The van der Waals surface area contributed by atoms with Crippen molar-refractivity contribution in [3.8, 4) is 5.75 Å². The third kappa shape index (κ3) is 4.10. The molecule has 2 aromatic carbocycles. The van der Waals surface area contributed by atoms with Gasteiger partial charge in [-0.25, -0.2) is 0 Å². The van der Waals surface area contributed by atoms with Gasteiger partial charge in [-0.1, -0.05) is 62.7 Å². The van der Waals surface area contributed by atoms with E-state index in [2.05, 4.69) is 0 Å². The van der Waals surface area contributed by atoms with Gasteiger partial charge in [0, 0.05) is 0 Å². The molecule has 2 atom stereocenters. The van der Waals surface area contributed by atoms with Crippen molar-refractivity contribution in [2.45, 2.75) is 32.8 Å². The van der Waals surface area contributed by atoms with Gasteiger partial charge in [-0.3, -0.25) is 4.79 Å². The maximum absolute atomic E-state index is 11.6. The Balaban J connectivity index is 2.13. The van der Waals surface area contributed by atoms with Crippen LogP contribution in [0.1, 0.15) is 37.3 Å². The van der Waals surface area contributed by atoms with E-state index in [0.717, 1.165) is 17.5 Å². The van der Waals surface area contributed by atoms with Gasteiger partial charge in [-0.2, -0.15) is 0 Å². The number of aliphatic carboxylic acids is 1. The van der Waals surface area contributed by atoms with E-state index in [1.165, 1.54) is 0 Å². The Morgan fingerprint density at radius 1 is 1.14 bits per heavy atom. The molecule has 0 bridgehead atoms.